The minimum atomic E-state index is -0.466. The maximum absolute atomic E-state index is 13.9. The maximum Gasteiger partial charge on any atom is 0.330 e. The zero-order valence-electron chi connectivity index (χ0n) is 46.3. The third-order valence-corrected chi connectivity index (χ3v) is 15.0. The van der Waals surface area contributed by atoms with Crippen molar-refractivity contribution in [2.45, 2.75) is 123 Å². The van der Waals surface area contributed by atoms with Gasteiger partial charge in [-0.2, -0.15) is 5.10 Å². The van der Waals surface area contributed by atoms with Crippen LogP contribution in [0.4, 0.5) is 5.13 Å². The number of fused-ring (bicyclic) bond motifs is 1. The van der Waals surface area contributed by atoms with Crippen LogP contribution >= 0.6 is 11.3 Å². The number of hydrogen-bond donors (Lipinski definition) is 0. The molecule has 4 aromatic carbocycles. The van der Waals surface area contributed by atoms with Gasteiger partial charge < -0.3 is 37.9 Å². The van der Waals surface area contributed by atoms with Crippen molar-refractivity contribution in [1.82, 2.24) is 4.98 Å². The summed E-state index contributed by atoms with van der Waals surface area (Å²) in [5.74, 6) is -1.48. The Labute approximate surface area is 477 Å². The van der Waals surface area contributed by atoms with E-state index < -0.39 is 35.7 Å². The number of esters is 6. The van der Waals surface area contributed by atoms with Gasteiger partial charge in [0, 0.05) is 23.8 Å². The molecule has 2 saturated carbocycles. The Balaban J connectivity index is 0.889. The summed E-state index contributed by atoms with van der Waals surface area (Å²) in [5, 5.41) is 7.29. The molecule has 7 rings (SSSR count). The number of thiazole rings is 1. The van der Waals surface area contributed by atoms with Crippen LogP contribution in [0.1, 0.15) is 122 Å². The van der Waals surface area contributed by atoms with E-state index in [1.807, 2.05) is 38.1 Å². The first-order valence-corrected chi connectivity index (χ1v) is 28.9. The summed E-state index contributed by atoms with van der Waals surface area (Å²) in [6.07, 6.45) is 14.3. The number of unbranched alkanes of at least 4 members (excludes halogenated alkanes) is 6. The van der Waals surface area contributed by atoms with Crippen molar-refractivity contribution in [1.29, 1.82) is 0 Å². The first-order valence-electron chi connectivity index (χ1n) is 28.1. The Morgan fingerprint density at radius 3 is 1.40 bits per heavy atom. The molecule has 0 N–H and O–H groups in total. The quantitative estimate of drug-likeness (QED) is 0.0105. The number of para-hydroxylation sites is 1. The molecule has 81 heavy (non-hydrogen) atoms. The van der Waals surface area contributed by atoms with Gasteiger partial charge in [-0.15, -0.1) is 0 Å². The van der Waals surface area contributed by atoms with Gasteiger partial charge in [-0.05, 0) is 195 Å². The summed E-state index contributed by atoms with van der Waals surface area (Å²) < 4.78 is 46.2. The summed E-state index contributed by atoms with van der Waals surface area (Å²) in [6.45, 7) is 12.6. The predicted molar refractivity (Wildman–Crippen MR) is 308 cm³/mol. The number of anilines is 1. The standard InChI is InChI=1S/C63H73N3O14S/c1-5-57(67)75-39-15-9-7-13-37-73-49-27-31-51(32-28-49)77-59(69)44-19-21-46(22-20-44)61(71)79-53-35-36-55(48(41-53)42-64-66(43(3)4)63-65-54-17-11-12-18-56(54)81-63)80-62(72)47-25-23-45(24-26-47)60(70)78-52-33-29-50(30-34-52)74-38-14-8-10-16-40-76-58(68)6-2/h5-6,11-12,17-18,27-36,41-47H,1-2,7-10,13-16,19-26,37-40H2,3-4H3/b64-42+. The lowest BCUT2D eigenvalue weighted by Gasteiger charge is -2.26. The lowest BCUT2D eigenvalue weighted by Crippen LogP contribution is -2.30. The summed E-state index contributed by atoms with van der Waals surface area (Å²) in [6, 6.07) is 26.4. The SMILES string of the molecule is C=CC(=O)OCCCCCCOc1ccc(OC(=O)C2CCC(C(=O)Oc3ccc(OC(=O)C4CCC(C(=O)Oc5ccc(OCCCCCCOC(=O)C=C)cc5)CC4)c(/C=N/N(c4nc5ccccc5s4)C(C)C)c3)CC2)cc1. The van der Waals surface area contributed by atoms with Crippen LogP contribution < -0.4 is 33.4 Å². The lowest BCUT2D eigenvalue weighted by atomic mass is 9.82. The van der Waals surface area contributed by atoms with Crippen LogP contribution in [0.25, 0.3) is 10.2 Å². The minimum absolute atomic E-state index is 0.0975. The monoisotopic (exact) mass is 1130 g/mol. The van der Waals surface area contributed by atoms with Gasteiger partial charge in [-0.25, -0.2) is 19.6 Å². The third-order valence-electron chi connectivity index (χ3n) is 14.0. The van der Waals surface area contributed by atoms with Crippen LogP contribution in [-0.2, 0) is 38.2 Å². The van der Waals surface area contributed by atoms with Crippen LogP contribution in [0.2, 0.25) is 0 Å². The largest absolute Gasteiger partial charge is 0.494 e. The molecule has 17 nitrogen and oxygen atoms in total. The zero-order valence-corrected chi connectivity index (χ0v) is 47.1. The highest BCUT2D eigenvalue weighted by molar-refractivity contribution is 7.22. The minimum Gasteiger partial charge on any atom is -0.494 e. The fraction of sp³-hybridized carbons (Fsp3) is 0.429. The smallest absolute Gasteiger partial charge is 0.330 e. The molecule has 0 unspecified atom stereocenters. The first kappa shape index (κ1) is 60.8. The number of rotatable bonds is 30. The molecule has 0 aliphatic heterocycles. The molecule has 430 valence electrons. The molecule has 2 fully saturated rings. The van der Waals surface area contributed by atoms with E-state index in [9.17, 15) is 28.8 Å². The average Bonchev–Trinajstić information content (AvgIpc) is 3.92. The van der Waals surface area contributed by atoms with Gasteiger partial charge >= 0.3 is 35.8 Å². The molecule has 1 heterocycles. The van der Waals surface area contributed by atoms with E-state index in [0.29, 0.717) is 111 Å². The summed E-state index contributed by atoms with van der Waals surface area (Å²) in [4.78, 5) is 81.1. The van der Waals surface area contributed by atoms with Crippen LogP contribution in [0.3, 0.4) is 0 Å². The van der Waals surface area contributed by atoms with Crippen LogP contribution in [0.15, 0.2) is 121 Å². The Morgan fingerprint density at radius 1 is 0.543 bits per heavy atom. The van der Waals surface area contributed by atoms with Gasteiger partial charge in [0.2, 0.25) is 5.13 Å². The third kappa shape index (κ3) is 19.4. The van der Waals surface area contributed by atoms with E-state index in [1.165, 1.54) is 11.3 Å². The summed E-state index contributed by atoms with van der Waals surface area (Å²) >= 11 is 1.50. The number of nitrogens with zero attached hydrogens (tertiary/aromatic N) is 3. The molecule has 5 aromatic rings. The second-order valence-corrected chi connectivity index (χ2v) is 21.3. The second kappa shape index (κ2) is 31.8. The maximum atomic E-state index is 13.9. The first-order chi connectivity index (χ1) is 39.3. The Bertz CT molecular complexity index is 2890. The Hall–Kier alpha value is -7.86. The van der Waals surface area contributed by atoms with E-state index in [-0.39, 0.29) is 41.3 Å². The van der Waals surface area contributed by atoms with E-state index in [1.54, 1.807) is 78.0 Å². The van der Waals surface area contributed by atoms with Crippen molar-refractivity contribution in [3.63, 3.8) is 0 Å². The van der Waals surface area contributed by atoms with Crippen molar-refractivity contribution in [3.8, 4) is 34.5 Å². The number of hydrazone groups is 1. The number of ether oxygens (including phenoxy) is 8. The number of benzene rings is 4. The highest BCUT2D eigenvalue weighted by Gasteiger charge is 2.34. The van der Waals surface area contributed by atoms with Crippen molar-refractivity contribution in [3.05, 3.63) is 122 Å². The molecule has 0 spiro atoms. The topological polar surface area (TPSA) is 205 Å². The predicted octanol–water partition coefficient (Wildman–Crippen LogP) is 12.5. The van der Waals surface area contributed by atoms with Crippen LogP contribution in [0, 0.1) is 23.7 Å². The van der Waals surface area contributed by atoms with E-state index in [0.717, 1.165) is 73.7 Å². The van der Waals surface area contributed by atoms with E-state index >= 15 is 0 Å². The Morgan fingerprint density at radius 2 is 0.951 bits per heavy atom. The zero-order chi connectivity index (χ0) is 57.3. The van der Waals surface area contributed by atoms with Crippen molar-refractivity contribution in [2.75, 3.05) is 31.4 Å². The van der Waals surface area contributed by atoms with Crippen molar-refractivity contribution in [2.24, 2.45) is 28.8 Å². The molecule has 0 saturated heterocycles. The molecule has 0 bridgehead atoms. The van der Waals surface area contributed by atoms with Gasteiger partial charge in [0.25, 0.3) is 0 Å². The normalized spacial score (nSPS) is 16.9. The van der Waals surface area contributed by atoms with Gasteiger partial charge in [-0.1, -0.05) is 36.6 Å². The van der Waals surface area contributed by atoms with Gasteiger partial charge in [-0.3, -0.25) is 19.2 Å². The fourth-order valence-electron chi connectivity index (χ4n) is 9.36. The lowest BCUT2D eigenvalue weighted by molar-refractivity contribution is -0.145. The Kier molecular flexibility index (Phi) is 23.9. The molecule has 0 radical (unpaired) electrons. The van der Waals surface area contributed by atoms with E-state index in [2.05, 4.69) is 13.2 Å². The second-order valence-electron chi connectivity index (χ2n) is 20.3. The van der Waals surface area contributed by atoms with Crippen molar-refractivity contribution < 1.29 is 66.7 Å². The van der Waals surface area contributed by atoms with Crippen LogP contribution in [-0.4, -0.2) is 79.5 Å². The molecule has 18 heteroatoms. The van der Waals surface area contributed by atoms with Gasteiger partial charge in [0.15, 0.2) is 0 Å². The van der Waals surface area contributed by atoms with Gasteiger partial charge in [0.1, 0.15) is 34.5 Å². The highest BCUT2D eigenvalue weighted by Crippen LogP contribution is 2.36. The summed E-state index contributed by atoms with van der Waals surface area (Å²) in [7, 11) is 0. The molecule has 2 aliphatic rings. The molecule has 0 amide bonds. The molecular weight excluding hydrogens is 1050 g/mol. The highest BCUT2D eigenvalue weighted by atomic mass is 32.1. The fourth-order valence-corrected chi connectivity index (χ4v) is 10.4. The molecule has 0 atom stereocenters. The van der Waals surface area contributed by atoms with Crippen molar-refractivity contribution >= 4 is 68.7 Å². The molecule has 2 aliphatic carbocycles. The molecule has 1 aromatic heterocycles. The molecular formula is C63H73N3O14S. The van der Waals surface area contributed by atoms with E-state index in [4.69, 9.17) is 48.0 Å². The number of aromatic nitrogens is 1. The number of carbonyl (C=O) groups excluding carboxylic acids is 6. The number of hydrogen-bond acceptors (Lipinski definition) is 18. The average molecular weight is 1130 g/mol. The summed E-state index contributed by atoms with van der Waals surface area (Å²) in [5.41, 5.74) is 1.25. The van der Waals surface area contributed by atoms with Crippen LogP contribution in [0.5, 0.6) is 34.5 Å². The van der Waals surface area contributed by atoms with Gasteiger partial charge in [0.05, 0.1) is 66.5 Å². The number of carbonyl (C=O) groups is 6.